The molecule has 2 aromatic carbocycles. The Labute approximate surface area is 181 Å². The first-order valence-electron chi connectivity index (χ1n) is 10.7. The average molecular weight is 415 g/mol. The minimum Gasteiger partial charge on any atom is -0.378 e. The Balaban J connectivity index is 1.26. The number of carbonyl (C=O) groups excluding carboxylic acids is 1. The molecule has 1 saturated heterocycles. The van der Waals surface area contributed by atoms with Gasteiger partial charge in [-0.1, -0.05) is 12.1 Å². The number of anilines is 3. The summed E-state index contributed by atoms with van der Waals surface area (Å²) < 4.78 is 5.42. The van der Waals surface area contributed by atoms with Crippen molar-refractivity contribution in [2.24, 2.45) is 0 Å². The second-order valence-electron chi connectivity index (χ2n) is 7.86. The standard InChI is InChI=1S/C24H25N5O2/c30-24(27-20-5-6-20)18-3-1-17(2-4-18)23-25-12-11-22(28-23)26-19-7-9-21(10-8-19)29-13-15-31-16-14-29/h1-4,7-12,20H,5-6,13-16H2,(H,27,30)(H,25,26,28). The van der Waals surface area contributed by atoms with E-state index in [2.05, 4.69) is 49.8 Å². The van der Waals surface area contributed by atoms with Gasteiger partial charge in [0.15, 0.2) is 5.82 Å². The molecule has 2 aliphatic rings. The number of hydrogen-bond acceptors (Lipinski definition) is 6. The molecular weight excluding hydrogens is 390 g/mol. The summed E-state index contributed by atoms with van der Waals surface area (Å²) in [6, 6.07) is 17.9. The summed E-state index contributed by atoms with van der Waals surface area (Å²) in [6.07, 6.45) is 3.89. The Kier molecular flexibility index (Phi) is 5.50. The molecule has 1 aliphatic heterocycles. The van der Waals surface area contributed by atoms with Crippen molar-refractivity contribution in [3.8, 4) is 11.4 Å². The summed E-state index contributed by atoms with van der Waals surface area (Å²) in [5.74, 6) is 1.31. The van der Waals surface area contributed by atoms with Crippen LogP contribution in [0.2, 0.25) is 0 Å². The summed E-state index contributed by atoms with van der Waals surface area (Å²) in [5.41, 5.74) is 3.69. The number of carbonyl (C=O) groups is 1. The highest BCUT2D eigenvalue weighted by Gasteiger charge is 2.23. The van der Waals surface area contributed by atoms with Crippen LogP contribution < -0.4 is 15.5 Å². The quantitative estimate of drug-likeness (QED) is 0.640. The fraction of sp³-hybridized carbons (Fsp3) is 0.292. The van der Waals surface area contributed by atoms with E-state index in [-0.39, 0.29) is 5.91 Å². The molecule has 7 heteroatoms. The van der Waals surface area contributed by atoms with Crippen LogP contribution in [0.4, 0.5) is 17.2 Å². The predicted molar refractivity (Wildman–Crippen MR) is 121 cm³/mol. The van der Waals surface area contributed by atoms with Crippen LogP contribution in [0.5, 0.6) is 0 Å². The zero-order valence-corrected chi connectivity index (χ0v) is 17.3. The monoisotopic (exact) mass is 415 g/mol. The number of benzene rings is 2. The minimum atomic E-state index is -0.0223. The number of ether oxygens (including phenoxy) is 1. The number of morpholine rings is 1. The Bertz CT molecular complexity index is 1040. The molecule has 2 N–H and O–H groups in total. The summed E-state index contributed by atoms with van der Waals surface area (Å²) in [5, 5.41) is 6.35. The molecule has 1 aliphatic carbocycles. The Morgan fingerprint density at radius 2 is 1.71 bits per heavy atom. The molecule has 1 saturated carbocycles. The van der Waals surface area contributed by atoms with Crippen LogP contribution in [0.1, 0.15) is 23.2 Å². The van der Waals surface area contributed by atoms with E-state index < -0.39 is 0 Å². The molecule has 0 atom stereocenters. The maximum atomic E-state index is 12.2. The second-order valence-corrected chi connectivity index (χ2v) is 7.86. The highest BCUT2D eigenvalue weighted by Crippen LogP contribution is 2.23. The third-order valence-electron chi connectivity index (χ3n) is 5.49. The summed E-state index contributed by atoms with van der Waals surface area (Å²) in [6.45, 7) is 3.39. The van der Waals surface area contributed by atoms with E-state index in [1.807, 2.05) is 30.3 Å². The fourth-order valence-corrected chi connectivity index (χ4v) is 3.56. The van der Waals surface area contributed by atoms with Crippen molar-refractivity contribution in [3.63, 3.8) is 0 Å². The van der Waals surface area contributed by atoms with E-state index >= 15 is 0 Å². The molecule has 0 radical (unpaired) electrons. The van der Waals surface area contributed by atoms with Crippen LogP contribution in [0, 0.1) is 0 Å². The average Bonchev–Trinajstić information content (AvgIpc) is 3.64. The Hall–Kier alpha value is -3.45. The van der Waals surface area contributed by atoms with Crippen molar-refractivity contribution in [2.75, 3.05) is 36.5 Å². The van der Waals surface area contributed by atoms with Crippen LogP contribution in [0.3, 0.4) is 0 Å². The molecule has 3 aromatic rings. The van der Waals surface area contributed by atoms with Gasteiger partial charge in [0.25, 0.3) is 5.91 Å². The van der Waals surface area contributed by atoms with Crippen molar-refractivity contribution < 1.29 is 9.53 Å². The number of nitrogens with zero attached hydrogens (tertiary/aromatic N) is 3. The molecule has 5 rings (SSSR count). The highest BCUT2D eigenvalue weighted by molar-refractivity contribution is 5.95. The minimum absolute atomic E-state index is 0.0223. The lowest BCUT2D eigenvalue weighted by atomic mass is 10.1. The van der Waals surface area contributed by atoms with E-state index in [0.717, 1.165) is 56.2 Å². The lowest BCUT2D eigenvalue weighted by Gasteiger charge is -2.28. The zero-order valence-electron chi connectivity index (χ0n) is 17.3. The van der Waals surface area contributed by atoms with Crippen molar-refractivity contribution in [2.45, 2.75) is 18.9 Å². The molecule has 1 aromatic heterocycles. The van der Waals surface area contributed by atoms with Crippen molar-refractivity contribution in [3.05, 3.63) is 66.4 Å². The van der Waals surface area contributed by atoms with E-state index in [4.69, 9.17) is 4.74 Å². The van der Waals surface area contributed by atoms with Gasteiger partial charge in [0.1, 0.15) is 5.82 Å². The number of amides is 1. The van der Waals surface area contributed by atoms with Crippen LogP contribution in [0.25, 0.3) is 11.4 Å². The van der Waals surface area contributed by atoms with Gasteiger partial charge >= 0.3 is 0 Å². The lowest BCUT2D eigenvalue weighted by molar-refractivity contribution is 0.0951. The smallest absolute Gasteiger partial charge is 0.251 e. The Morgan fingerprint density at radius 3 is 2.42 bits per heavy atom. The van der Waals surface area contributed by atoms with E-state index in [1.165, 1.54) is 5.69 Å². The first-order chi connectivity index (χ1) is 15.2. The maximum Gasteiger partial charge on any atom is 0.251 e. The topological polar surface area (TPSA) is 79.4 Å². The van der Waals surface area contributed by atoms with Crippen molar-refractivity contribution in [1.29, 1.82) is 0 Å². The van der Waals surface area contributed by atoms with Gasteiger partial charge in [-0.25, -0.2) is 9.97 Å². The number of rotatable bonds is 6. The molecule has 7 nitrogen and oxygen atoms in total. The molecule has 2 heterocycles. The zero-order chi connectivity index (χ0) is 21.0. The first-order valence-corrected chi connectivity index (χ1v) is 10.7. The van der Waals surface area contributed by atoms with Crippen molar-refractivity contribution >= 4 is 23.1 Å². The molecule has 0 bridgehead atoms. The highest BCUT2D eigenvalue weighted by atomic mass is 16.5. The number of nitrogens with one attached hydrogen (secondary N) is 2. The predicted octanol–water partition coefficient (Wildman–Crippen LogP) is 3.62. The third-order valence-corrected chi connectivity index (χ3v) is 5.49. The van der Waals surface area contributed by atoms with Gasteiger partial charge in [-0.2, -0.15) is 0 Å². The van der Waals surface area contributed by atoms with Gasteiger partial charge in [0.05, 0.1) is 13.2 Å². The lowest BCUT2D eigenvalue weighted by Crippen LogP contribution is -2.36. The molecule has 31 heavy (non-hydrogen) atoms. The van der Waals surface area contributed by atoms with Gasteiger partial charge in [0, 0.05) is 47.8 Å². The summed E-state index contributed by atoms with van der Waals surface area (Å²) >= 11 is 0. The summed E-state index contributed by atoms with van der Waals surface area (Å²) in [7, 11) is 0. The molecule has 1 amide bonds. The molecule has 158 valence electrons. The molecule has 0 unspecified atom stereocenters. The maximum absolute atomic E-state index is 12.2. The van der Waals surface area contributed by atoms with Gasteiger partial charge in [-0.05, 0) is 55.3 Å². The Morgan fingerprint density at radius 1 is 0.968 bits per heavy atom. The van der Waals surface area contributed by atoms with Crippen molar-refractivity contribution in [1.82, 2.24) is 15.3 Å². The molecular formula is C24H25N5O2. The largest absolute Gasteiger partial charge is 0.378 e. The van der Waals surface area contributed by atoms with E-state index in [1.54, 1.807) is 6.20 Å². The van der Waals surface area contributed by atoms with E-state index in [0.29, 0.717) is 17.4 Å². The van der Waals surface area contributed by atoms with Crippen LogP contribution >= 0.6 is 0 Å². The van der Waals surface area contributed by atoms with E-state index in [9.17, 15) is 4.79 Å². The second kappa shape index (κ2) is 8.73. The van der Waals surface area contributed by atoms with Crippen LogP contribution in [-0.4, -0.2) is 48.2 Å². The normalized spacial score (nSPS) is 16.1. The fourth-order valence-electron chi connectivity index (χ4n) is 3.56. The van der Waals surface area contributed by atoms with Gasteiger partial charge in [-0.3, -0.25) is 4.79 Å². The molecule has 2 fully saturated rings. The van der Waals surface area contributed by atoms with Crippen LogP contribution in [0.15, 0.2) is 60.8 Å². The van der Waals surface area contributed by atoms with Gasteiger partial charge in [-0.15, -0.1) is 0 Å². The van der Waals surface area contributed by atoms with Crippen LogP contribution in [-0.2, 0) is 4.74 Å². The molecule has 0 spiro atoms. The first kappa shape index (κ1) is 19.5. The summed E-state index contributed by atoms with van der Waals surface area (Å²) in [4.78, 5) is 23.5. The third kappa shape index (κ3) is 4.83. The van der Waals surface area contributed by atoms with Gasteiger partial charge in [0.2, 0.25) is 0 Å². The SMILES string of the molecule is O=C(NC1CC1)c1ccc(-c2nccc(Nc3ccc(N4CCOCC4)cc3)n2)cc1. The number of hydrogen-bond donors (Lipinski definition) is 2. The number of aromatic nitrogens is 2. The van der Waals surface area contributed by atoms with Gasteiger partial charge < -0.3 is 20.3 Å².